The van der Waals surface area contributed by atoms with Gasteiger partial charge in [-0.25, -0.2) is 8.78 Å². The lowest BCUT2D eigenvalue weighted by molar-refractivity contribution is 0.122. The van der Waals surface area contributed by atoms with Gasteiger partial charge in [0.15, 0.2) is 11.6 Å². The van der Waals surface area contributed by atoms with Gasteiger partial charge >= 0.3 is 0 Å². The molecule has 0 aromatic heterocycles. The van der Waals surface area contributed by atoms with Gasteiger partial charge in [0, 0.05) is 0 Å². The first-order chi connectivity index (χ1) is 11.4. The molecular formula is C22H32F2. The summed E-state index contributed by atoms with van der Waals surface area (Å²) in [6.45, 7) is 6.64. The lowest BCUT2D eigenvalue weighted by atomic mass is 9.65. The average molecular weight is 334 g/mol. The highest BCUT2D eigenvalue weighted by Crippen LogP contribution is 2.47. The monoisotopic (exact) mass is 334 g/mol. The summed E-state index contributed by atoms with van der Waals surface area (Å²) >= 11 is 0. The quantitative estimate of drug-likeness (QED) is 0.557. The Morgan fingerprint density at radius 1 is 0.875 bits per heavy atom. The van der Waals surface area contributed by atoms with Crippen molar-refractivity contribution in [3.63, 3.8) is 0 Å². The molecule has 134 valence electrons. The summed E-state index contributed by atoms with van der Waals surface area (Å²) in [4.78, 5) is 0. The first kappa shape index (κ1) is 17.9. The maximum absolute atomic E-state index is 14.4. The van der Waals surface area contributed by atoms with E-state index in [2.05, 4.69) is 13.8 Å². The summed E-state index contributed by atoms with van der Waals surface area (Å²) in [6.07, 6.45) is 10.4. The van der Waals surface area contributed by atoms with Crippen LogP contribution in [0.1, 0.15) is 89.2 Å². The second kappa shape index (κ2) is 7.14. The van der Waals surface area contributed by atoms with Crippen LogP contribution in [0.15, 0.2) is 12.1 Å². The zero-order valence-corrected chi connectivity index (χ0v) is 15.5. The van der Waals surface area contributed by atoms with Crippen molar-refractivity contribution in [2.45, 2.75) is 84.5 Å². The van der Waals surface area contributed by atoms with E-state index in [9.17, 15) is 8.78 Å². The highest BCUT2D eigenvalue weighted by atomic mass is 19.2. The summed E-state index contributed by atoms with van der Waals surface area (Å²) in [5, 5.41) is 0. The van der Waals surface area contributed by atoms with Crippen LogP contribution < -0.4 is 0 Å². The normalized spacial score (nSPS) is 28.0. The van der Waals surface area contributed by atoms with Crippen molar-refractivity contribution in [3.05, 3.63) is 34.9 Å². The van der Waals surface area contributed by atoms with Gasteiger partial charge in [0.2, 0.25) is 0 Å². The fourth-order valence-electron chi connectivity index (χ4n) is 4.99. The molecule has 0 aliphatic heterocycles. The molecule has 0 radical (unpaired) electrons. The Morgan fingerprint density at radius 3 is 2.04 bits per heavy atom. The Balaban J connectivity index is 1.61. The molecule has 2 heteroatoms. The van der Waals surface area contributed by atoms with E-state index in [4.69, 9.17) is 0 Å². The van der Waals surface area contributed by atoms with Gasteiger partial charge in [0.25, 0.3) is 0 Å². The number of halogens is 2. The second-order valence-electron chi connectivity index (χ2n) is 8.91. The number of benzene rings is 1. The lowest BCUT2D eigenvalue weighted by Gasteiger charge is -2.40. The van der Waals surface area contributed by atoms with Crippen LogP contribution >= 0.6 is 0 Å². The van der Waals surface area contributed by atoms with Crippen molar-refractivity contribution in [1.82, 2.24) is 0 Å². The molecule has 2 aliphatic carbocycles. The standard InChI is InChI=1S/C22H32F2/c1-4-15-9-10-19(21(24)20(15)23)18-7-5-16(6-8-18)17-11-13-22(2,3)14-12-17/h9-10,16-18H,4-8,11-14H2,1-3H3. The van der Waals surface area contributed by atoms with Gasteiger partial charge in [-0.05, 0) is 92.1 Å². The predicted molar refractivity (Wildman–Crippen MR) is 96.2 cm³/mol. The molecule has 0 unspecified atom stereocenters. The van der Waals surface area contributed by atoms with Crippen LogP contribution in [0.5, 0.6) is 0 Å². The number of rotatable bonds is 3. The summed E-state index contributed by atoms with van der Waals surface area (Å²) in [6, 6.07) is 3.62. The van der Waals surface area contributed by atoms with Crippen LogP contribution in [-0.4, -0.2) is 0 Å². The van der Waals surface area contributed by atoms with Crippen LogP contribution in [-0.2, 0) is 6.42 Å². The Morgan fingerprint density at radius 2 is 1.46 bits per heavy atom. The van der Waals surface area contributed by atoms with Gasteiger partial charge in [-0.1, -0.05) is 32.9 Å². The van der Waals surface area contributed by atoms with Crippen molar-refractivity contribution in [1.29, 1.82) is 0 Å². The summed E-state index contributed by atoms with van der Waals surface area (Å²) < 4.78 is 28.5. The molecule has 0 heterocycles. The van der Waals surface area contributed by atoms with Gasteiger partial charge in [-0.3, -0.25) is 0 Å². The minimum atomic E-state index is -0.619. The molecule has 0 bridgehead atoms. The molecule has 2 saturated carbocycles. The number of hydrogen-bond acceptors (Lipinski definition) is 0. The molecule has 0 spiro atoms. The van der Waals surface area contributed by atoms with Crippen LogP contribution in [0.2, 0.25) is 0 Å². The Hall–Kier alpha value is -0.920. The zero-order valence-electron chi connectivity index (χ0n) is 15.5. The van der Waals surface area contributed by atoms with Gasteiger partial charge < -0.3 is 0 Å². The zero-order chi connectivity index (χ0) is 17.3. The molecule has 0 N–H and O–H groups in total. The van der Waals surface area contributed by atoms with E-state index >= 15 is 0 Å². The smallest absolute Gasteiger partial charge is 0.162 e. The Bertz CT molecular complexity index is 558. The molecule has 2 fully saturated rings. The van der Waals surface area contributed by atoms with E-state index < -0.39 is 11.6 Å². The number of hydrogen-bond donors (Lipinski definition) is 0. The Kier molecular flexibility index (Phi) is 5.32. The molecule has 0 amide bonds. The van der Waals surface area contributed by atoms with E-state index in [1.54, 1.807) is 6.07 Å². The number of aryl methyl sites for hydroxylation is 1. The Labute approximate surface area is 146 Å². The largest absolute Gasteiger partial charge is 0.203 e. The fourth-order valence-corrected chi connectivity index (χ4v) is 4.99. The molecule has 1 aromatic rings. The summed E-state index contributed by atoms with van der Waals surface area (Å²) in [7, 11) is 0. The minimum absolute atomic E-state index is 0.210. The van der Waals surface area contributed by atoms with E-state index in [1.807, 2.05) is 13.0 Å². The highest BCUT2D eigenvalue weighted by Gasteiger charge is 2.34. The molecule has 0 nitrogen and oxygen atoms in total. The van der Waals surface area contributed by atoms with Crippen molar-refractivity contribution < 1.29 is 8.78 Å². The third kappa shape index (κ3) is 3.68. The van der Waals surface area contributed by atoms with Crippen molar-refractivity contribution in [2.75, 3.05) is 0 Å². The van der Waals surface area contributed by atoms with Gasteiger partial charge in [0.1, 0.15) is 0 Å². The van der Waals surface area contributed by atoms with Crippen LogP contribution in [0.4, 0.5) is 8.78 Å². The van der Waals surface area contributed by atoms with Crippen molar-refractivity contribution >= 4 is 0 Å². The van der Waals surface area contributed by atoms with Gasteiger partial charge in [-0.2, -0.15) is 0 Å². The molecule has 1 aromatic carbocycles. The molecular weight excluding hydrogens is 302 g/mol. The first-order valence-electron chi connectivity index (χ1n) is 9.88. The second-order valence-corrected chi connectivity index (χ2v) is 8.91. The van der Waals surface area contributed by atoms with E-state index in [-0.39, 0.29) is 5.92 Å². The average Bonchev–Trinajstić information content (AvgIpc) is 2.58. The lowest BCUT2D eigenvalue weighted by Crippen LogP contribution is -2.28. The topological polar surface area (TPSA) is 0 Å². The van der Waals surface area contributed by atoms with Crippen molar-refractivity contribution in [2.24, 2.45) is 17.3 Å². The molecule has 2 aliphatic rings. The highest BCUT2D eigenvalue weighted by molar-refractivity contribution is 5.29. The van der Waals surface area contributed by atoms with Gasteiger partial charge in [0.05, 0.1) is 0 Å². The maximum Gasteiger partial charge on any atom is 0.162 e. The molecule has 0 atom stereocenters. The minimum Gasteiger partial charge on any atom is -0.203 e. The maximum atomic E-state index is 14.4. The molecule has 0 saturated heterocycles. The third-order valence-corrected chi connectivity index (χ3v) is 6.84. The fraction of sp³-hybridized carbons (Fsp3) is 0.727. The van der Waals surface area contributed by atoms with E-state index in [0.29, 0.717) is 23.0 Å². The van der Waals surface area contributed by atoms with E-state index in [1.165, 1.54) is 38.5 Å². The SMILES string of the molecule is CCc1ccc(C2CCC(C3CCC(C)(C)CC3)CC2)c(F)c1F. The van der Waals surface area contributed by atoms with Crippen LogP contribution in [0.3, 0.4) is 0 Å². The van der Waals surface area contributed by atoms with Crippen LogP contribution in [0, 0.1) is 28.9 Å². The summed E-state index contributed by atoms with van der Waals surface area (Å²) in [5.41, 5.74) is 1.64. The summed E-state index contributed by atoms with van der Waals surface area (Å²) in [5.74, 6) is 0.675. The van der Waals surface area contributed by atoms with Crippen LogP contribution in [0.25, 0.3) is 0 Å². The molecule has 24 heavy (non-hydrogen) atoms. The van der Waals surface area contributed by atoms with E-state index in [0.717, 1.165) is 24.7 Å². The first-order valence-corrected chi connectivity index (χ1v) is 9.88. The predicted octanol–water partition coefficient (Wildman–Crippen LogP) is 7.02. The third-order valence-electron chi connectivity index (χ3n) is 6.84. The van der Waals surface area contributed by atoms with Crippen molar-refractivity contribution in [3.8, 4) is 0 Å². The van der Waals surface area contributed by atoms with Gasteiger partial charge in [-0.15, -0.1) is 0 Å². The molecule has 3 rings (SSSR count).